The normalized spacial score (nSPS) is 9.37. The molecule has 0 aliphatic heterocycles. The Balaban J connectivity index is 0.000000474. The van der Waals surface area contributed by atoms with Crippen LogP contribution in [-0.2, 0) is 4.74 Å². The van der Waals surface area contributed by atoms with E-state index in [0.717, 1.165) is 33.8 Å². The lowest BCUT2D eigenvalue weighted by molar-refractivity contribution is 0.0523. The average molecular weight is 1310 g/mol. The number of aromatic hydroxyl groups is 1. The van der Waals surface area contributed by atoms with Crippen LogP contribution in [0.15, 0.2) is 92.3 Å². The van der Waals surface area contributed by atoms with Crippen LogP contribution in [0.2, 0.25) is 20.6 Å². The molecule has 0 aliphatic rings. The van der Waals surface area contributed by atoms with Gasteiger partial charge in [-0.25, -0.2) is 64.6 Å². The molecule has 9 aromatic heterocycles. The zero-order valence-corrected chi connectivity index (χ0v) is 49.3. The van der Waals surface area contributed by atoms with Crippen molar-refractivity contribution in [1.29, 1.82) is 0 Å². The third-order valence-corrected chi connectivity index (χ3v) is 8.87. The van der Waals surface area contributed by atoms with Crippen molar-refractivity contribution in [2.45, 2.75) is 27.7 Å². The van der Waals surface area contributed by atoms with Crippen molar-refractivity contribution in [2.24, 2.45) is 0 Å². The van der Waals surface area contributed by atoms with Gasteiger partial charge in [-0.15, -0.1) is 0 Å². The van der Waals surface area contributed by atoms with E-state index in [9.17, 15) is 19.2 Å². The number of H-pyrrole nitrogens is 3. The Morgan fingerprint density at radius 3 is 1.36 bits per heavy atom. The maximum absolute atomic E-state index is 11.1. The van der Waals surface area contributed by atoms with Crippen molar-refractivity contribution in [1.82, 2.24) is 89.7 Å². The summed E-state index contributed by atoms with van der Waals surface area (Å²) in [5.74, 6) is 1.08. The minimum Gasteiger partial charge on any atom is -0.493 e. The second-order valence-corrected chi connectivity index (χ2v) is 16.9. The van der Waals surface area contributed by atoms with Gasteiger partial charge in [0.25, 0.3) is 16.7 Å². The van der Waals surface area contributed by atoms with E-state index in [0.29, 0.717) is 34.0 Å². The Kier molecular flexibility index (Phi) is 32.9. The number of nitrogen functional groups attached to an aromatic ring is 9. The molecule has 0 atom stereocenters. The molecule has 0 radical (unpaired) electrons. The first kappa shape index (κ1) is 71.8. The van der Waals surface area contributed by atoms with Crippen LogP contribution in [0.1, 0.15) is 34.4 Å². The van der Waals surface area contributed by atoms with Gasteiger partial charge in [-0.05, 0) is 61.8 Å². The van der Waals surface area contributed by atoms with E-state index < -0.39 is 17.1 Å². The molecular formula is C44H54BrCl4N27O8. The quantitative estimate of drug-likeness (QED) is 0.0889. The summed E-state index contributed by atoms with van der Waals surface area (Å²) in [7, 11) is 3.00. The van der Waals surface area contributed by atoms with Gasteiger partial charge in [0.15, 0.2) is 11.9 Å². The summed E-state index contributed by atoms with van der Waals surface area (Å²) in [4.78, 5) is 104. The molecular weight excluding hydrogens is 1260 g/mol. The minimum absolute atomic E-state index is 0.0296. The summed E-state index contributed by atoms with van der Waals surface area (Å²) < 4.78 is 15.1. The predicted octanol–water partition coefficient (Wildman–Crippen LogP) is 2.61. The Bertz CT molecular complexity index is 3300. The van der Waals surface area contributed by atoms with Crippen LogP contribution in [0.4, 0.5) is 53.5 Å². The predicted molar refractivity (Wildman–Crippen MR) is 319 cm³/mol. The number of hydrogen-bond donors (Lipinski definition) is 13. The van der Waals surface area contributed by atoms with Gasteiger partial charge in [0, 0.05) is 54.0 Å². The van der Waals surface area contributed by atoms with Crippen LogP contribution >= 0.6 is 62.3 Å². The highest BCUT2D eigenvalue weighted by molar-refractivity contribution is 9.10. The number of methoxy groups -OCH3 is 2. The third kappa shape index (κ3) is 33.4. The smallest absolute Gasteiger partial charge is 0.345 e. The number of rotatable bonds is 4. The summed E-state index contributed by atoms with van der Waals surface area (Å²) in [6, 6.07) is 10.3. The summed E-state index contributed by atoms with van der Waals surface area (Å²) in [5.41, 5.74) is 47.9. The molecule has 9 aromatic rings. The minimum atomic E-state index is -0.698. The number of anilines is 9. The van der Waals surface area contributed by atoms with Crippen molar-refractivity contribution < 1.29 is 24.1 Å². The van der Waals surface area contributed by atoms with E-state index in [4.69, 9.17) is 113 Å². The van der Waals surface area contributed by atoms with Crippen LogP contribution < -0.4 is 77.8 Å². The number of hydrogen-bond acceptors (Lipinski definition) is 32. The molecule has 9 heterocycles. The first-order valence-corrected chi connectivity index (χ1v) is 24.7. The molecule has 0 spiro atoms. The van der Waals surface area contributed by atoms with Gasteiger partial charge in [-0.1, -0.05) is 46.4 Å². The fourth-order valence-corrected chi connectivity index (χ4v) is 5.65. The van der Waals surface area contributed by atoms with Crippen LogP contribution in [0.5, 0.6) is 17.6 Å². The number of aryl methyl sites for hydroxylation is 3. The van der Waals surface area contributed by atoms with Crippen LogP contribution in [-0.4, -0.2) is 122 Å². The number of nitrogens with zero attached hydrogens (tertiary/aromatic N) is 15. The molecule has 0 saturated carbocycles. The monoisotopic (exact) mass is 1310 g/mol. The number of carbonyl (C=O) groups is 1. The maximum atomic E-state index is 11.1. The number of ether oxygens (including phenoxy) is 3. The van der Waals surface area contributed by atoms with Gasteiger partial charge in [-0.2, -0.15) is 15.0 Å². The largest absolute Gasteiger partial charge is 0.493 e. The highest BCUT2D eigenvalue weighted by Gasteiger charge is 2.11. The fraction of sp³-hybridized carbons (Fsp3) is 0.159. The SMILES string of the molecule is CCOC(=O)c1cnc(N)[nH]c1=O.COc1cc(OC)nc(N)n1.Cc1cc(C)nc(N)n1.Cc1cc(Cl)nc(N)n1.Nc1nc(Cl)cc(Cl)n1.Nc1nc(O)cc(=O)[nH]1.Nc1ncc(Br)cn1.Nc1nccc(=O)[nH]1.Nc1nccc(Cl)n1. The number of nitrogens with two attached hydrogens (primary N) is 9. The third-order valence-electron chi connectivity index (χ3n) is 7.67. The average Bonchev–Trinajstić information content (AvgIpc) is 3.43. The molecule has 35 nitrogen and oxygen atoms in total. The molecule has 0 aliphatic carbocycles. The number of aromatic nitrogens is 18. The number of esters is 1. The lowest BCUT2D eigenvalue weighted by atomic mass is 10.3. The zero-order chi connectivity index (χ0) is 63.5. The van der Waals surface area contributed by atoms with Crippen molar-refractivity contribution in [3.8, 4) is 17.6 Å². The summed E-state index contributed by atoms with van der Waals surface area (Å²) in [6.07, 6.45) is 7.15. The highest BCUT2D eigenvalue weighted by Crippen LogP contribution is 2.15. The van der Waals surface area contributed by atoms with E-state index in [1.54, 1.807) is 37.5 Å². The topological polar surface area (TPSA) is 591 Å². The summed E-state index contributed by atoms with van der Waals surface area (Å²) in [6.45, 7) is 7.46. The van der Waals surface area contributed by atoms with Crippen molar-refractivity contribution >= 4 is 122 Å². The molecule has 0 fully saturated rings. The van der Waals surface area contributed by atoms with Crippen LogP contribution in [0.25, 0.3) is 0 Å². The summed E-state index contributed by atoms with van der Waals surface area (Å²) >= 11 is 25.0. The zero-order valence-electron chi connectivity index (χ0n) is 44.7. The molecule has 0 bridgehead atoms. The molecule has 0 aromatic carbocycles. The first-order chi connectivity index (χ1) is 39.5. The van der Waals surface area contributed by atoms with Gasteiger partial charge in [0.05, 0.1) is 43.6 Å². The fourth-order valence-electron chi connectivity index (χ4n) is 4.63. The molecule has 0 unspecified atom stereocenters. The van der Waals surface area contributed by atoms with Gasteiger partial charge in [0.1, 0.15) is 26.2 Å². The second kappa shape index (κ2) is 38.5. The van der Waals surface area contributed by atoms with E-state index in [-0.39, 0.29) is 75.6 Å². The Labute approximate surface area is 503 Å². The van der Waals surface area contributed by atoms with Crippen LogP contribution in [0, 0.1) is 20.8 Å². The summed E-state index contributed by atoms with van der Waals surface area (Å²) in [5, 5.41) is 9.86. The van der Waals surface area contributed by atoms with Crippen molar-refractivity contribution in [3.05, 3.63) is 152 Å². The molecule has 22 N–H and O–H groups in total. The van der Waals surface area contributed by atoms with Crippen molar-refractivity contribution in [2.75, 3.05) is 72.4 Å². The standard InChI is InChI=1S/C7H9N3O3.C6H9N3O2.C6H9N3.C5H6ClN3.C4H4BrN3.C4H3Cl2N3.C4H4ClN3.C4H5N3O2.C4H5N3O/c1-2-13-6(12)4-3-9-7(8)10-5(4)11;1-10-4-3-5(11-2)9-6(7)8-4;1-4-3-5(2)9-6(7)8-4;1-3-2-4(6)9-5(7)8-3;5-3-1-7-4(6)8-2-3;5-2-1-3(6)9-4(7)8-2;5-3-1-2-7-4(6)8-3;5-4-6-2(8)1-3(9)7-4;5-4-6-2-1-3(8)7-4/h3H,2H2,1H3,(H3,8,9,10,11);3H,1-2H3,(H2,7,8,9);3H,1-2H3,(H2,7,8,9);2H,1H3,(H2,7,8,9);1-2H,(H2,6,7,8);1H,(H2,7,8,9);1-2H,(H2,6,7,8);1H,(H4,5,6,7,8,9);1-2H,(H3,5,6,7,8). The molecule has 40 heteroatoms. The highest BCUT2D eigenvalue weighted by atomic mass is 79.9. The lowest BCUT2D eigenvalue weighted by Crippen LogP contribution is -2.21. The number of nitrogens with one attached hydrogen (secondary N) is 3. The van der Waals surface area contributed by atoms with Gasteiger partial charge < -0.3 is 70.9 Å². The van der Waals surface area contributed by atoms with E-state index in [1.807, 2.05) is 26.8 Å². The first-order valence-electron chi connectivity index (χ1n) is 22.4. The Morgan fingerprint density at radius 2 is 0.976 bits per heavy atom. The molecule has 0 amide bonds. The molecule has 0 saturated heterocycles. The second-order valence-electron chi connectivity index (χ2n) is 14.4. The number of carbonyl (C=O) groups excluding carboxylic acids is 1. The Hall–Kier alpha value is -10.2. The molecule has 448 valence electrons. The molecule has 9 rings (SSSR count). The number of halogens is 5. The van der Waals surface area contributed by atoms with E-state index in [1.165, 1.54) is 38.7 Å². The van der Waals surface area contributed by atoms with E-state index in [2.05, 4.69) is 110 Å². The van der Waals surface area contributed by atoms with Crippen molar-refractivity contribution in [3.63, 3.8) is 0 Å². The Morgan fingerprint density at radius 1 is 0.512 bits per heavy atom. The van der Waals surface area contributed by atoms with Gasteiger partial charge >= 0.3 is 5.97 Å². The van der Waals surface area contributed by atoms with E-state index >= 15 is 0 Å². The number of aromatic amines is 3. The molecule has 84 heavy (non-hydrogen) atoms. The van der Waals surface area contributed by atoms with Gasteiger partial charge in [0.2, 0.25) is 59.3 Å². The lowest BCUT2D eigenvalue weighted by Gasteiger charge is -2.01. The van der Waals surface area contributed by atoms with Crippen LogP contribution in [0.3, 0.4) is 0 Å². The van der Waals surface area contributed by atoms with Gasteiger partial charge in [-0.3, -0.25) is 29.3 Å². The maximum Gasteiger partial charge on any atom is 0.345 e.